The van der Waals surface area contributed by atoms with E-state index in [0.717, 1.165) is 25.9 Å². The smallest absolute Gasteiger partial charge is 0.270 e. The number of amides is 1. The zero-order chi connectivity index (χ0) is 14.9. The fourth-order valence-corrected chi connectivity index (χ4v) is 2.96. The van der Waals surface area contributed by atoms with Crippen LogP contribution in [-0.4, -0.2) is 53.5 Å². The van der Waals surface area contributed by atoms with E-state index < -0.39 is 0 Å². The Labute approximate surface area is 121 Å². The molecule has 5 heteroatoms. The lowest BCUT2D eigenvalue weighted by molar-refractivity contribution is 0.0704. The average molecular weight is 278 g/mol. The van der Waals surface area contributed by atoms with E-state index in [-0.39, 0.29) is 11.9 Å². The van der Waals surface area contributed by atoms with Gasteiger partial charge in [0.25, 0.3) is 5.91 Å². The molecule has 2 rings (SSSR count). The molecular formula is C15H26N4O. The Morgan fingerprint density at radius 3 is 2.80 bits per heavy atom. The first-order chi connectivity index (χ1) is 9.40. The van der Waals surface area contributed by atoms with Gasteiger partial charge in [0.05, 0.1) is 5.69 Å². The number of nitrogens with zero attached hydrogens (tertiary/aromatic N) is 3. The van der Waals surface area contributed by atoms with Crippen LogP contribution in [0.5, 0.6) is 0 Å². The van der Waals surface area contributed by atoms with Crippen molar-refractivity contribution >= 4 is 11.6 Å². The van der Waals surface area contributed by atoms with E-state index in [2.05, 4.69) is 32.8 Å². The van der Waals surface area contributed by atoms with Gasteiger partial charge in [-0.25, -0.2) is 0 Å². The summed E-state index contributed by atoms with van der Waals surface area (Å²) in [4.78, 5) is 17.0. The zero-order valence-corrected chi connectivity index (χ0v) is 13.0. The number of aromatic nitrogens is 1. The van der Waals surface area contributed by atoms with Gasteiger partial charge < -0.3 is 20.1 Å². The van der Waals surface area contributed by atoms with Gasteiger partial charge in [0.15, 0.2) is 0 Å². The third-order valence-electron chi connectivity index (χ3n) is 3.86. The molecule has 1 aliphatic rings. The SMILES string of the molecule is CC(C)n1cc(N)cc1C(=O)N1CCCC1CN(C)C. The molecule has 0 aromatic carbocycles. The van der Waals surface area contributed by atoms with E-state index in [0.29, 0.717) is 17.4 Å². The van der Waals surface area contributed by atoms with Crippen LogP contribution < -0.4 is 5.73 Å². The number of rotatable bonds is 4. The summed E-state index contributed by atoms with van der Waals surface area (Å²) in [5.41, 5.74) is 7.24. The van der Waals surface area contributed by atoms with E-state index >= 15 is 0 Å². The number of likely N-dealkylation sites (N-methyl/N-ethyl adjacent to an activating group) is 1. The predicted octanol–water partition coefficient (Wildman–Crippen LogP) is 1.82. The molecule has 1 saturated heterocycles. The number of nitrogen functional groups attached to an aromatic ring is 1. The Hall–Kier alpha value is -1.49. The molecule has 112 valence electrons. The third-order valence-corrected chi connectivity index (χ3v) is 3.86. The van der Waals surface area contributed by atoms with Crippen LogP contribution >= 0.6 is 0 Å². The second kappa shape index (κ2) is 5.87. The minimum Gasteiger partial charge on any atom is -0.397 e. The molecule has 1 aromatic rings. The van der Waals surface area contributed by atoms with Gasteiger partial charge in [0, 0.05) is 31.4 Å². The molecule has 1 amide bonds. The summed E-state index contributed by atoms with van der Waals surface area (Å²) in [6, 6.07) is 2.35. The molecule has 1 fully saturated rings. The lowest BCUT2D eigenvalue weighted by atomic mass is 10.2. The van der Waals surface area contributed by atoms with Gasteiger partial charge in [0.2, 0.25) is 0 Å². The van der Waals surface area contributed by atoms with E-state index in [1.165, 1.54) is 0 Å². The lowest BCUT2D eigenvalue weighted by Crippen LogP contribution is -2.42. The van der Waals surface area contributed by atoms with Crippen LogP contribution in [0, 0.1) is 0 Å². The van der Waals surface area contributed by atoms with Crippen molar-refractivity contribution in [2.45, 2.75) is 38.8 Å². The van der Waals surface area contributed by atoms with Gasteiger partial charge in [-0.05, 0) is 46.9 Å². The first-order valence-electron chi connectivity index (χ1n) is 7.33. The van der Waals surface area contributed by atoms with Crippen molar-refractivity contribution in [1.82, 2.24) is 14.4 Å². The van der Waals surface area contributed by atoms with Gasteiger partial charge in [-0.15, -0.1) is 0 Å². The molecule has 2 N–H and O–H groups in total. The van der Waals surface area contributed by atoms with Gasteiger partial charge in [-0.1, -0.05) is 0 Å². The van der Waals surface area contributed by atoms with Crippen LogP contribution in [-0.2, 0) is 0 Å². The van der Waals surface area contributed by atoms with Crippen molar-refractivity contribution < 1.29 is 4.79 Å². The summed E-state index contributed by atoms with van der Waals surface area (Å²) in [5, 5.41) is 0. The first-order valence-corrected chi connectivity index (χ1v) is 7.33. The number of likely N-dealkylation sites (tertiary alicyclic amines) is 1. The first kappa shape index (κ1) is 14.9. The monoisotopic (exact) mass is 278 g/mol. The Morgan fingerprint density at radius 2 is 2.20 bits per heavy atom. The fourth-order valence-electron chi connectivity index (χ4n) is 2.96. The van der Waals surface area contributed by atoms with Crippen LogP contribution in [0.25, 0.3) is 0 Å². The summed E-state index contributed by atoms with van der Waals surface area (Å²) < 4.78 is 1.97. The highest BCUT2D eigenvalue weighted by atomic mass is 16.2. The molecule has 1 unspecified atom stereocenters. The maximum atomic E-state index is 12.8. The average Bonchev–Trinajstić information content (AvgIpc) is 2.94. The molecule has 20 heavy (non-hydrogen) atoms. The second-order valence-corrected chi connectivity index (χ2v) is 6.22. The molecule has 1 atom stereocenters. The summed E-state index contributed by atoms with van der Waals surface area (Å²) in [5.74, 6) is 0.111. The summed E-state index contributed by atoms with van der Waals surface area (Å²) >= 11 is 0. The summed E-state index contributed by atoms with van der Waals surface area (Å²) in [7, 11) is 4.10. The normalized spacial score (nSPS) is 19.3. The molecular weight excluding hydrogens is 252 g/mol. The lowest BCUT2D eigenvalue weighted by Gasteiger charge is -2.28. The fraction of sp³-hybridized carbons (Fsp3) is 0.667. The van der Waals surface area contributed by atoms with Crippen LogP contribution in [0.1, 0.15) is 43.2 Å². The molecule has 2 heterocycles. The maximum Gasteiger partial charge on any atom is 0.270 e. The number of nitrogens with two attached hydrogens (primary N) is 1. The minimum atomic E-state index is 0.111. The van der Waals surface area contributed by atoms with Crippen LogP contribution in [0.15, 0.2) is 12.3 Å². The van der Waals surface area contributed by atoms with Gasteiger partial charge in [-0.2, -0.15) is 0 Å². The summed E-state index contributed by atoms with van der Waals surface area (Å²) in [6.07, 6.45) is 4.03. The number of carbonyl (C=O) groups excluding carboxylic acids is 1. The minimum absolute atomic E-state index is 0.111. The van der Waals surface area contributed by atoms with Crippen molar-refractivity contribution in [2.75, 3.05) is 32.9 Å². The summed E-state index contributed by atoms with van der Waals surface area (Å²) in [6.45, 7) is 5.90. The highest BCUT2D eigenvalue weighted by Gasteiger charge is 2.31. The van der Waals surface area contributed by atoms with Crippen LogP contribution in [0.4, 0.5) is 5.69 Å². The molecule has 0 bridgehead atoms. The largest absolute Gasteiger partial charge is 0.397 e. The standard InChI is InChI=1S/C15H26N4O/c1-11(2)19-9-12(16)8-14(19)15(20)18-7-5-6-13(18)10-17(3)4/h8-9,11,13H,5-7,10,16H2,1-4H3. The Bertz CT molecular complexity index is 478. The molecule has 1 aromatic heterocycles. The third kappa shape index (κ3) is 2.98. The molecule has 5 nitrogen and oxygen atoms in total. The quantitative estimate of drug-likeness (QED) is 0.914. The number of hydrogen-bond donors (Lipinski definition) is 1. The van der Waals surface area contributed by atoms with E-state index in [1.54, 1.807) is 6.07 Å². The van der Waals surface area contributed by atoms with Crippen LogP contribution in [0.2, 0.25) is 0 Å². The van der Waals surface area contributed by atoms with Crippen molar-refractivity contribution in [3.05, 3.63) is 18.0 Å². The topological polar surface area (TPSA) is 54.5 Å². The Morgan fingerprint density at radius 1 is 1.50 bits per heavy atom. The number of carbonyl (C=O) groups is 1. The molecule has 1 aliphatic heterocycles. The van der Waals surface area contributed by atoms with Crippen LogP contribution in [0.3, 0.4) is 0 Å². The highest BCUT2D eigenvalue weighted by Crippen LogP contribution is 2.24. The molecule has 0 aliphatic carbocycles. The maximum absolute atomic E-state index is 12.8. The number of anilines is 1. The number of hydrogen-bond acceptors (Lipinski definition) is 3. The highest BCUT2D eigenvalue weighted by molar-refractivity contribution is 5.94. The molecule has 0 radical (unpaired) electrons. The molecule has 0 spiro atoms. The van der Waals surface area contributed by atoms with Crippen molar-refractivity contribution in [3.8, 4) is 0 Å². The molecule has 0 saturated carbocycles. The Balaban J connectivity index is 2.22. The van der Waals surface area contributed by atoms with Crippen molar-refractivity contribution in [3.63, 3.8) is 0 Å². The Kier molecular flexibility index (Phi) is 4.38. The van der Waals surface area contributed by atoms with Crippen molar-refractivity contribution in [2.24, 2.45) is 0 Å². The van der Waals surface area contributed by atoms with Gasteiger partial charge >= 0.3 is 0 Å². The van der Waals surface area contributed by atoms with Gasteiger partial charge in [-0.3, -0.25) is 4.79 Å². The predicted molar refractivity (Wildman–Crippen MR) is 81.8 cm³/mol. The van der Waals surface area contributed by atoms with E-state index in [1.807, 2.05) is 15.7 Å². The van der Waals surface area contributed by atoms with Crippen molar-refractivity contribution in [1.29, 1.82) is 0 Å². The second-order valence-electron chi connectivity index (χ2n) is 6.22. The van der Waals surface area contributed by atoms with E-state index in [9.17, 15) is 4.79 Å². The zero-order valence-electron chi connectivity index (χ0n) is 13.0. The van der Waals surface area contributed by atoms with Gasteiger partial charge in [0.1, 0.15) is 5.69 Å². The van der Waals surface area contributed by atoms with E-state index in [4.69, 9.17) is 5.73 Å².